The predicted molar refractivity (Wildman–Crippen MR) is 117 cm³/mol. The van der Waals surface area contributed by atoms with Crippen molar-refractivity contribution in [3.63, 3.8) is 0 Å². The van der Waals surface area contributed by atoms with E-state index >= 15 is 0 Å². The fraction of sp³-hybridized carbons (Fsp3) is 0.158. The van der Waals surface area contributed by atoms with Crippen molar-refractivity contribution in [3.05, 3.63) is 63.7 Å². The van der Waals surface area contributed by atoms with E-state index < -0.39 is 27.8 Å². The van der Waals surface area contributed by atoms with Gasteiger partial charge in [0.1, 0.15) is 11.9 Å². The van der Waals surface area contributed by atoms with Gasteiger partial charge in [0.15, 0.2) is 5.13 Å². The molecule has 3 aromatic rings. The van der Waals surface area contributed by atoms with E-state index in [1.54, 1.807) is 30.5 Å². The molecular weight excluding hydrogens is 472 g/mol. The Morgan fingerprint density at radius 3 is 2.53 bits per heavy atom. The number of benzene rings is 2. The third-order valence-electron chi connectivity index (χ3n) is 4.09. The van der Waals surface area contributed by atoms with Crippen LogP contribution in [0.25, 0.3) is 11.3 Å². The van der Waals surface area contributed by atoms with Crippen molar-refractivity contribution in [2.75, 3.05) is 5.32 Å². The number of nitrogens with zero attached hydrogens (tertiary/aromatic N) is 1. The molecule has 1 amide bonds. The van der Waals surface area contributed by atoms with E-state index in [0.717, 1.165) is 24.3 Å². The van der Waals surface area contributed by atoms with E-state index in [0.29, 0.717) is 26.4 Å². The lowest BCUT2D eigenvalue weighted by Crippen LogP contribution is -2.43. The number of anilines is 1. The minimum Gasteiger partial charge on any atom is -0.301 e. The number of carbonyl (C=O) groups is 1. The van der Waals surface area contributed by atoms with E-state index in [-0.39, 0.29) is 11.3 Å². The van der Waals surface area contributed by atoms with Crippen molar-refractivity contribution < 1.29 is 17.6 Å². The molecule has 158 valence electrons. The molecule has 2 N–H and O–H groups in total. The minimum absolute atomic E-state index is 0.135. The van der Waals surface area contributed by atoms with Gasteiger partial charge in [-0.05, 0) is 48.9 Å². The predicted octanol–water partition coefficient (Wildman–Crippen LogP) is 4.95. The van der Waals surface area contributed by atoms with E-state index in [4.69, 9.17) is 23.2 Å². The quantitative estimate of drug-likeness (QED) is 0.493. The second kappa shape index (κ2) is 9.40. The summed E-state index contributed by atoms with van der Waals surface area (Å²) in [7, 11) is -4.00. The first-order valence-electron chi connectivity index (χ1n) is 8.69. The van der Waals surface area contributed by atoms with E-state index in [1.165, 1.54) is 11.3 Å². The standard InChI is InChI=1S/C19H16Cl2FN3O3S2/c1-2-16(25-30(27,28)13-6-4-12(22)5-7-13)18(26)24-19-23-17(10-29-19)14-8-3-11(20)9-15(14)21/h3-10,16,25H,2H2,1H3,(H,23,24,26). The summed E-state index contributed by atoms with van der Waals surface area (Å²) >= 11 is 13.3. The molecule has 0 bridgehead atoms. The lowest BCUT2D eigenvalue weighted by molar-refractivity contribution is -0.117. The summed E-state index contributed by atoms with van der Waals surface area (Å²) in [6, 6.07) is 8.29. The van der Waals surface area contributed by atoms with Gasteiger partial charge in [-0.15, -0.1) is 11.3 Å². The zero-order valence-electron chi connectivity index (χ0n) is 15.5. The molecule has 1 atom stereocenters. The monoisotopic (exact) mass is 487 g/mol. The second-order valence-electron chi connectivity index (χ2n) is 6.19. The molecule has 0 radical (unpaired) electrons. The largest absolute Gasteiger partial charge is 0.301 e. The Hall–Kier alpha value is -2.04. The van der Waals surface area contributed by atoms with Gasteiger partial charge in [0, 0.05) is 16.0 Å². The number of halogens is 3. The SMILES string of the molecule is CCC(NS(=O)(=O)c1ccc(F)cc1)C(=O)Nc1nc(-c2ccc(Cl)cc2Cl)cs1. The third kappa shape index (κ3) is 5.35. The average molecular weight is 488 g/mol. The van der Waals surface area contributed by atoms with Gasteiger partial charge < -0.3 is 5.32 Å². The normalized spacial score (nSPS) is 12.5. The molecule has 0 fully saturated rings. The number of aromatic nitrogens is 1. The summed E-state index contributed by atoms with van der Waals surface area (Å²) in [6.45, 7) is 1.66. The first-order valence-corrected chi connectivity index (χ1v) is 11.8. The third-order valence-corrected chi connectivity index (χ3v) is 6.88. The summed E-state index contributed by atoms with van der Waals surface area (Å²) in [5.41, 5.74) is 1.21. The Morgan fingerprint density at radius 2 is 1.90 bits per heavy atom. The van der Waals surface area contributed by atoms with Gasteiger partial charge >= 0.3 is 0 Å². The molecule has 0 aliphatic heterocycles. The molecule has 6 nitrogen and oxygen atoms in total. The second-order valence-corrected chi connectivity index (χ2v) is 9.60. The van der Waals surface area contributed by atoms with Gasteiger partial charge in [-0.2, -0.15) is 4.72 Å². The molecule has 0 aliphatic carbocycles. The summed E-state index contributed by atoms with van der Waals surface area (Å²) in [5, 5.41) is 5.53. The fourth-order valence-corrected chi connectivity index (χ4v) is 5.03. The van der Waals surface area contributed by atoms with Crippen LogP contribution < -0.4 is 10.0 Å². The molecule has 0 aliphatic rings. The molecular formula is C19H16Cl2FN3O3S2. The zero-order chi connectivity index (χ0) is 21.9. The number of sulfonamides is 1. The lowest BCUT2D eigenvalue weighted by atomic mass is 10.2. The zero-order valence-corrected chi connectivity index (χ0v) is 18.7. The van der Waals surface area contributed by atoms with Crippen LogP contribution in [-0.2, 0) is 14.8 Å². The van der Waals surface area contributed by atoms with Crippen molar-refractivity contribution >= 4 is 55.6 Å². The van der Waals surface area contributed by atoms with E-state index in [1.807, 2.05) is 0 Å². The number of amides is 1. The lowest BCUT2D eigenvalue weighted by Gasteiger charge is -2.16. The van der Waals surface area contributed by atoms with Crippen LogP contribution in [0, 0.1) is 5.82 Å². The van der Waals surface area contributed by atoms with Crippen molar-refractivity contribution in [1.82, 2.24) is 9.71 Å². The first-order chi connectivity index (χ1) is 14.2. The van der Waals surface area contributed by atoms with Crippen molar-refractivity contribution in [1.29, 1.82) is 0 Å². The van der Waals surface area contributed by atoms with E-state index in [2.05, 4.69) is 15.0 Å². The summed E-state index contributed by atoms with van der Waals surface area (Å²) in [6.07, 6.45) is 0.202. The van der Waals surface area contributed by atoms with Gasteiger partial charge in [-0.3, -0.25) is 4.79 Å². The van der Waals surface area contributed by atoms with Crippen LogP contribution in [0.4, 0.5) is 9.52 Å². The highest BCUT2D eigenvalue weighted by atomic mass is 35.5. The smallest absolute Gasteiger partial charge is 0.244 e. The minimum atomic E-state index is -4.00. The first kappa shape index (κ1) is 22.6. The number of carbonyl (C=O) groups excluding carboxylic acids is 1. The van der Waals surface area contributed by atoms with Gasteiger partial charge in [-0.25, -0.2) is 17.8 Å². The van der Waals surface area contributed by atoms with Crippen LogP contribution in [0.3, 0.4) is 0 Å². The van der Waals surface area contributed by atoms with Crippen molar-refractivity contribution in [3.8, 4) is 11.3 Å². The van der Waals surface area contributed by atoms with Crippen molar-refractivity contribution in [2.45, 2.75) is 24.3 Å². The molecule has 3 rings (SSSR count). The van der Waals surface area contributed by atoms with Crippen LogP contribution in [0.1, 0.15) is 13.3 Å². The maximum Gasteiger partial charge on any atom is 0.244 e. The topological polar surface area (TPSA) is 88.2 Å². The highest BCUT2D eigenvalue weighted by Crippen LogP contribution is 2.32. The number of hydrogen-bond donors (Lipinski definition) is 2. The molecule has 1 aromatic heterocycles. The Bertz CT molecular complexity index is 1170. The van der Waals surface area contributed by atoms with Crippen LogP contribution in [0.5, 0.6) is 0 Å². The average Bonchev–Trinajstić information content (AvgIpc) is 3.14. The number of hydrogen-bond acceptors (Lipinski definition) is 5. The maximum absolute atomic E-state index is 13.0. The number of rotatable bonds is 7. The summed E-state index contributed by atoms with van der Waals surface area (Å²) < 4.78 is 40.3. The Balaban J connectivity index is 1.72. The molecule has 0 saturated carbocycles. The van der Waals surface area contributed by atoms with Crippen LogP contribution in [0.15, 0.2) is 52.7 Å². The maximum atomic E-state index is 13.0. The summed E-state index contributed by atoms with van der Waals surface area (Å²) in [4.78, 5) is 16.8. The molecule has 1 unspecified atom stereocenters. The van der Waals surface area contributed by atoms with Crippen LogP contribution in [-0.4, -0.2) is 25.4 Å². The fourth-order valence-electron chi connectivity index (χ4n) is 2.54. The van der Waals surface area contributed by atoms with Gasteiger partial charge in [0.05, 0.1) is 15.6 Å². The van der Waals surface area contributed by atoms with Gasteiger partial charge in [0.25, 0.3) is 0 Å². The molecule has 0 saturated heterocycles. The number of thiazole rings is 1. The molecule has 0 spiro atoms. The van der Waals surface area contributed by atoms with Crippen LogP contribution >= 0.6 is 34.5 Å². The highest BCUT2D eigenvalue weighted by molar-refractivity contribution is 7.89. The van der Waals surface area contributed by atoms with E-state index in [9.17, 15) is 17.6 Å². The molecule has 30 heavy (non-hydrogen) atoms. The van der Waals surface area contributed by atoms with Gasteiger partial charge in [0.2, 0.25) is 15.9 Å². The molecule has 2 aromatic carbocycles. The number of nitrogens with one attached hydrogen (secondary N) is 2. The summed E-state index contributed by atoms with van der Waals surface area (Å²) in [5.74, 6) is -1.12. The Labute approximate surface area is 187 Å². The Kier molecular flexibility index (Phi) is 7.10. The van der Waals surface area contributed by atoms with Crippen molar-refractivity contribution in [2.24, 2.45) is 0 Å². The van der Waals surface area contributed by atoms with Crippen LogP contribution in [0.2, 0.25) is 10.0 Å². The van der Waals surface area contributed by atoms with Gasteiger partial charge in [-0.1, -0.05) is 30.1 Å². The molecule has 11 heteroatoms. The highest BCUT2D eigenvalue weighted by Gasteiger charge is 2.25. The Morgan fingerprint density at radius 1 is 1.20 bits per heavy atom. The molecule has 1 heterocycles.